The molecule has 1 aromatic carbocycles. The van der Waals surface area contributed by atoms with Crippen LogP contribution in [0.25, 0.3) is 22.3 Å². The quantitative estimate of drug-likeness (QED) is 0.565. The molecule has 7 nitrogen and oxygen atoms in total. The minimum absolute atomic E-state index is 0.131. The van der Waals surface area contributed by atoms with E-state index in [1.807, 2.05) is 44.2 Å². The van der Waals surface area contributed by atoms with Gasteiger partial charge in [0.1, 0.15) is 11.6 Å². The number of hydrogen-bond donors (Lipinski definition) is 1. The molecule has 0 radical (unpaired) electrons. The summed E-state index contributed by atoms with van der Waals surface area (Å²) >= 11 is 0. The highest BCUT2D eigenvalue weighted by atomic mass is 16.1. The molecule has 0 atom stereocenters. The number of fused-ring (bicyclic) bond motifs is 1. The molecule has 0 fully saturated rings. The van der Waals surface area contributed by atoms with Crippen LogP contribution in [0.15, 0.2) is 53.6 Å². The van der Waals surface area contributed by atoms with E-state index in [9.17, 15) is 4.79 Å². The minimum Gasteiger partial charge on any atom is -0.349 e. The lowest BCUT2D eigenvalue weighted by molar-refractivity contribution is 0.761. The maximum atomic E-state index is 12.4. The fourth-order valence-corrected chi connectivity index (χ4v) is 3.27. The van der Waals surface area contributed by atoms with Crippen LogP contribution in [0.4, 0.5) is 5.82 Å². The van der Waals surface area contributed by atoms with Crippen molar-refractivity contribution in [1.82, 2.24) is 24.9 Å². The number of para-hydroxylation sites is 1. The van der Waals surface area contributed by atoms with Crippen LogP contribution in [-0.2, 0) is 6.54 Å². The third kappa shape index (κ3) is 3.71. The van der Waals surface area contributed by atoms with Crippen molar-refractivity contribution in [1.29, 1.82) is 0 Å². The second-order valence-corrected chi connectivity index (χ2v) is 6.87. The zero-order chi connectivity index (χ0) is 20.4. The third-order valence-corrected chi connectivity index (χ3v) is 4.97. The number of benzene rings is 1. The van der Waals surface area contributed by atoms with Crippen molar-refractivity contribution in [2.24, 2.45) is 0 Å². The molecule has 3 aromatic heterocycles. The van der Waals surface area contributed by atoms with Crippen molar-refractivity contribution >= 4 is 16.7 Å². The number of aryl methyl sites for hydroxylation is 1. The summed E-state index contributed by atoms with van der Waals surface area (Å²) in [5.74, 6) is 2.07. The maximum Gasteiger partial charge on any atom is 0.258 e. The van der Waals surface area contributed by atoms with Gasteiger partial charge in [0.25, 0.3) is 5.56 Å². The first-order valence-electron chi connectivity index (χ1n) is 9.55. The van der Waals surface area contributed by atoms with E-state index < -0.39 is 0 Å². The molecule has 0 saturated heterocycles. The van der Waals surface area contributed by atoms with Crippen LogP contribution in [0.3, 0.4) is 0 Å². The monoisotopic (exact) mass is 386 g/mol. The number of pyridine rings is 1. The Morgan fingerprint density at radius 3 is 2.62 bits per heavy atom. The fourth-order valence-electron chi connectivity index (χ4n) is 3.27. The summed E-state index contributed by atoms with van der Waals surface area (Å²) in [4.78, 5) is 35.7. The molecule has 0 aliphatic rings. The molecule has 29 heavy (non-hydrogen) atoms. The van der Waals surface area contributed by atoms with E-state index >= 15 is 0 Å². The Balaban J connectivity index is 1.75. The number of hydrogen-bond acceptors (Lipinski definition) is 6. The highest BCUT2D eigenvalue weighted by Crippen LogP contribution is 2.25. The van der Waals surface area contributed by atoms with Gasteiger partial charge in [-0.05, 0) is 45.0 Å². The number of aromatic nitrogens is 5. The van der Waals surface area contributed by atoms with E-state index in [4.69, 9.17) is 4.98 Å². The van der Waals surface area contributed by atoms with Gasteiger partial charge in [-0.1, -0.05) is 12.1 Å². The number of rotatable bonds is 5. The lowest BCUT2D eigenvalue weighted by atomic mass is 10.2. The lowest BCUT2D eigenvalue weighted by Gasteiger charge is -2.24. The van der Waals surface area contributed by atoms with Gasteiger partial charge in [-0.2, -0.15) is 0 Å². The molecular weight excluding hydrogens is 364 g/mol. The van der Waals surface area contributed by atoms with Crippen molar-refractivity contribution < 1.29 is 0 Å². The molecule has 7 heteroatoms. The Bertz CT molecular complexity index is 1220. The topological polar surface area (TPSA) is 87.7 Å². The average Bonchev–Trinajstić information content (AvgIpc) is 2.75. The van der Waals surface area contributed by atoms with Gasteiger partial charge >= 0.3 is 0 Å². The van der Waals surface area contributed by atoms with Gasteiger partial charge in [0.2, 0.25) is 0 Å². The number of anilines is 1. The first-order chi connectivity index (χ1) is 14.1. The normalized spacial score (nSPS) is 11.0. The van der Waals surface area contributed by atoms with Gasteiger partial charge < -0.3 is 9.88 Å². The van der Waals surface area contributed by atoms with Crippen molar-refractivity contribution in [2.45, 2.75) is 27.3 Å². The van der Waals surface area contributed by atoms with Gasteiger partial charge in [-0.15, -0.1) is 0 Å². The molecule has 0 amide bonds. The highest BCUT2D eigenvalue weighted by Gasteiger charge is 2.17. The van der Waals surface area contributed by atoms with Gasteiger partial charge in [0.15, 0.2) is 5.82 Å². The Morgan fingerprint density at radius 2 is 1.86 bits per heavy atom. The Hall–Kier alpha value is -3.61. The Labute approximate surface area is 168 Å². The highest BCUT2D eigenvalue weighted by molar-refractivity contribution is 5.77. The van der Waals surface area contributed by atoms with E-state index in [1.165, 1.54) is 0 Å². The largest absolute Gasteiger partial charge is 0.349 e. The molecule has 0 spiro atoms. The van der Waals surface area contributed by atoms with Gasteiger partial charge in [0, 0.05) is 35.8 Å². The van der Waals surface area contributed by atoms with Crippen LogP contribution >= 0.6 is 0 Å². The van der Waals surface area contributed by atoms with Crippen LogP contribution < -0.4 is 10.5 Å². The molecule has 146 valence electrons. The van der Waals surface area contributed by atoms with Crippen LogP contribution in [-0.4, -0.2) is 31.5 Å². The van der Waals surface area contributed by atoms with E-state index in [1.54, 1.807) is 18.5 Å². The summed E-state index contributed by atoms with van der Waals surface area (Å²) in [5.41, 5.74) is 3.34. The molecule has 0 saturated carbocycles. The smallest absolute Gasteiger partial charge is 0.258 e. The van der Waals surface area contributed by atoms with Gasteiger partial charge in [-0.3, -0.25) is 9.78 Å². The molecule has 4 aromatic rings. The van der Waals surface area contributed by atoms with E-state index in [2.05, 4.69) is 31.8 Å². The summed E-state index contributed by atoms with van der Waals surface area (Å²) in [7, 11) is 0. The summed E-state index contributed by atoms with van der Waals surface area (Å²) in [5, 5.41) is 0.590. The second kappa shape index (κ2) is 7.79. The number of aromatic amines is 1. The van der Waals surface area contributed by atoms with Crippen LogP contribution in [0.5, 0.6) is 0 Å². The van der Waals surface area contributed by atoms with Crippen molar-refractivity contribution in [3.63, 3.8) is 0 Å². The maximum absolute atomic E-state index is 12.4. The summed E-state index contributed by atoms with van der Waals surface area (Å²) < 4.78 is 0. The fraction of sp³-hybridized carbons (Fsp3) is 0.227. The molecule has 0 aliphatic carbocycles. The molecule has 0 unspecified atom stereocenters. The van der Waals surface area contributed by atoms with Gasteiger partial charge in [0.05, 0.1) is 17.4 Å². The number of H-pyrrole nitrogens is 1. The van der Waals surface area contributed by atoms with E-state index in [0.717, 1.165) is 22.6 Å². The molecular formula is C22H22N6O. The second-order valence-electron chi connectivity index (χ2n) is 6.87. The Morgan fingerprint density at radius 1 is 1.03 bits per heavy atom. The third-order valence-electron chi connectivity index (χ3n) is 4.97. The summed E-state index contributed by atoms with van der Waals surface area (Å²) in [6.07, 6.45) is 3.48. The van der Waals surface area contributed by atoms with E-state index in [0.29, 0.717) is 35.6 Å². The van der Waals surface area contributed by atoms with Crippen molar-refractivity contribution in [3.8, 4) is 11.4 Å². The first-order valence-corrected chi connectivity index (χ1v) is 9.55. The first kappa shape index (κ1) is 18.7. The Kier molecular flexibility index (Phi) is 5.03. The summed E-state index contributed by atoms with van der Waals surface area (Å²) in [6.45, 7) is 7.20. The average molecular weight is 386 g/mol. The molecule has 3 heterocycles. The predicted octanol–water partition coefficient (Wildman–Crippen LogP) is 3.42. The zero-order valence-electron chi connectivity index (χ0n) is 16.7. The van der Waals surface area contributed by atoms with Crippen LogP contribution in [0, 0.1) is 13.8 Å². The van der Waals surface area contributed by atoms with Crippen LogP contribution in [0.1, 0.15) is 24.0 Å². The van der Waals surface area contributed by atoms with Crippen molar-refractivity contribution in [2.75, 3.05) is 11.4 Å². The molecule has 4 rings (SSSR count). The number of nitrogens with one attached hydrogen (secondary N) is 1. The minimum atomic E-state index is -0.131. The number of nitrogens with zero attached hydrogens (tertiary/aromatic N) is 5. The lowest BCUT2D eigenvalue weighted by Crippen LogP contribution is -2.27. The molecule has 0 bridgehead atoms. The standard InChI is InChI=1S/C22H22N6O/c1-4-28(13-19-25-18-10-6-5-9-17(18)22(29)26-19)21-14(2)15(3)24-20(27-21)16-8-7-11-23-12-16/h5-12H,4,13H2,1-3H3,(H,25,26,29). The summed E-state index contributed by atoms with van der Waals surface area (Å²) in [6, 6.07) is 11.2. The molecule has 0 aliphatic heterocycles. The van der Waals surface area contributed by atoms with Crippen molar-refractivity contribution in [3.05, 3.63) is 76.2 Å². The van der Waals surface area contributed by atoms with Gasteiger partial charge in [-0.25, -0.2) is 15.0 Å². The molecule has 1 N–H and O–H groups in total. The van der Waals surface area contributed by atoms with Crippen LogP contribution in [0.2, 0.25) is 0 Å². The predicted molar refractivity (Wildman–Crippen MR) is 114 cm³/mol. The SMILES string of the molecule is CCN(Cc1nc2ccccc2c(=O)[nH]1)c1nc(-c2cccnc2)nc(C)c1C. The van der Waals surface area contributed by atoms with E-state index in [-0.39, 0.29) is 5.56 Å². The zero-order valence-corrected chi connectivity index (χ0v) is 16.7.